The molecule has 1 aliphatic rings. The Balaban J connectivity index is 1.90. The lowest BCUT2D eigenvalue weighted by Gasteiger charge is -2.34. The molecule has 118 valence electrons. The fourth-order valence-corrected chi connectivity index (χ4v) is 3.24. The molecule has 0 saturated heterocycles. The smallest absolute Gasteiger partial charge is 0.128 e. The molecule has 2 N–H and O–H groups in total. The first-order valence-electron chi connectivity index (χ1n) is 7.99. The Morgan fingerprint density at radius 1 is 1.14 bits per heavy atom. The quantitative estimate of drug-likeness (QED) is 0.813. The molecule has 1 aliphatic carbocycles. The molecule has 1 aromatic carbocycles. The van der Waals surface area contributed by atoms with Gasteiger partial charge in [0.25, 0.3) is 0 Å². The Bertz CT molecular complexity index is 421. The van der Waals surface area contributed by atoms with Gasteiger partial charge in [-0.2, -0.15) is 0 Å². The zero-order chi connectivity index (χ0) is 15.1. The molecule has 0 bridgehead atoms. The second-order valence-corrected chi connectivity index (χ2v) is 5.88. The lowest BCUT2D eigenvalue weighted by atomic mass is 9.93. The van der Waals surface area contributed by atoms with Gasteiger partial charge in [-0.25, -0.2) is 4.39 Å². The van der Waals surface area contributed by atoms with Crippen LogP contribution in [0.2, 0.25) is 0 Å². The summed E-state index contributed by atoms with van der Waals surface area (Å²) in [6, 6.07) is 6.89. The summed E-state index contributed by atoms with van der Waals surface area (Å²) in [5.41, 5.74) is 0.366. The van der Waals surface area contributed by atoms with Gasteiger partial charge in [-0.1, -0.05) is 37.5 Å². The van der Waals surface area contributed by atoms with Gasteiger partial charge < -0.3 is 10.2 Å². The second kappa shape index (κ2) is 8.47. The van der Waals surface area contributed by atoms with Gasteiger partial charge in [-0.05, 0) is 25.3 Å². The number of benzene rings is 1. The standard InChI is InChI=1S/C17H26FNO2/c18-16-9-5-4-8-15(16)17(21)10-11-19(12-13-20)14-6-2-1-3-7-14/h4-5,8-9,14,17,20-21H,1-3,6-7,10-13H2. The molecule has 1 fully saturated rings. The van der Waals surface area contributed by atoms with Gasteiger partial charge in [0.05, 0.1) is 12.7 Å². The molecule has 21 heavy (non-hydrogen) atoms. The van der Waals surface area contributed by atoms with Crippen molar-refractivity contribution in [3.05, 3.63) is 35.6 Å². The van der Waals surface area contributed by atoms with Crippen LogP contribution in [0.15, 0.2) is 24.3 Å². The van der Waals surface area contributed by atoms with Crippen LogP contribution >= 0.6 is 0 Å². The number of hydrogen-bond acceptors (Lipinski definition) is 3. The number of aliphatic hydroxyl groups excluding tert-OH is 2. The molecule has 0 heterocycles. The predicted octanol–water partition coefficient (Wildman–Crippen LogP) is 2.88. The Kier molecular flexibility index (Phi) is 6.61. The highest BCUT2D eigenvalue weighted by Gasteiger charge is 2.22. The fraction of sp³-hybridized carbons (Fsp3) is 0.647. The van der Waals surface area contributed by atoms with Crippen LogP contribution in [0.1, 0.15) is 50.2 Å². The van der Waals surface area contributed by atoms with Gasteiger partial charge in [-0.3, -0.25) is 4.90 Å². The highest BCUT2D eigenvalue weighted by Crippen LogP contribution is 2.25. The van der Waals surface area contributed by atoms with E-state index in [2.05, 4.69) is 4.90 Å². The lowest BCUT2D eigenvalue weighted by molar-refractivity contribution is 0.0910. The Morgan fingerprint density at radius 3 is 2.52 bits per heavy atom. The molecule has 1 saturated carbocycles. The van der Waals surface area contributed by atoms with Crippen molar-refractivity contribution in [2.24, 2.45) is 0 Å². The monoisotopic (exact) mass is 295 g/mol. The highest BCUT2D eigenvalue weighted by molar-refractivity contribution is 5.19. The zero-order valence-corrected chi connectivity index (χ0v) is 12.5. The van der Waals surface area contributed by atoms with Gasteiger partial charge in [0.15, 0.2) is 0 Å². The van der Waals surface area contributed by atoms with Crippen LogP contribution < -0.4 is 0 Å². The van der Waals surface area contributed by atoms with E-state index in [0.717, 1.165) is 12.8 Å². The maximum Gasteiger partial charge on any atom is 0.128 e. The Hall–Kier alpha value is -0.970. The van der Waals surface area contributed by atoms with Gasteiger partial charge >= 0.3 is 0 Å². The molecule has 1 aromatic rings. The van der Waals surface area contributed by atoms with Crippen LogP contribution in [0.3, 0.4) is 0 Å². The van der Waals surface area contributed by atoms with Crippen molar-refractivity contribution in [2.75, 3.05) is 19.7 Å². The minimum absolute atomic E-state index is 0.131. The molecule has 2 rings (SSSR count). The topological polar surface area (TPSA) is 43.7 Å². The van der Waals surface area contributed by atoms with Crippen LogP contribution in [-0.2, 0) is 0 Å². The van der Waals surface area contributed by atoms with Crippen LogP contribution in [0.4, 0.5) is 4.39 Å². The van der Waals surface area contributed by atoms with Crippen molar-refractivity contribution in [2.45, 2.75) is 50.7 Å². The molecule has 1 atom stereocenters. The van der Waals surface area contributed by atoms with Gasteiger partial charge in [0, 0.05) is 24.7 Å². The van der Waals surface area contributed by atoms with Crippen LogP contribution in [-0.4, -0.2) is 40.9 Å². The van der Waals surface area contributed by atoms with E-state index < -0.39 is 6.10 Å². The zero-order valence-electron chi connectivity index (χ0n) is 12.5. The molecule has 0 spiro atoms. The average Bonchev–Trinajstić information content (AvgIpc) is 2.52. The molecular weight excluding hydrogens is 269 g/mol. The molecule has 3 nitrogen and oxygen atoms in total. The summed E-state index contributed by atoms with van der Waals surface area (Å²) in [7, 11) is 0. The number of hydrogen-bond donors (Lipinski definition) is 2. The van der Waals surface area contributed by atoms with Crippen molar-refractivity contribution >= 4 is 0 Å². The lowest BCUT2D eigenvalue weighted by Crippen LogP contribution is -2.39. The molecule has 0 aliphatic heterocycles. The summed E-state index contributed by atoms with van der Waals surface area (Å²) in [6.07, 6.45) is 5.81. The van der Waals surface area contributed by atoms with Crippen LogP contribution in [0.5, 0.6) is 0 Å². The van der Waals surface area contributed by atoms with Crippen molar-refractivity contribution in [1.29, 1.82) is 0 Å². The summed E-state index contributed by atoms with van der Waals surface area (Å²) in [4.78, 5) is 2.25. The minimum atomic E-state index is -0.781. The Labute approximate surface area is 126 Å². The van der Waals surface area contributed by atoms with Gasteiger partial charge in [0.2, 0.25) is 0 Å². The molecular formula is C17H26FNO2. The Morgan fingerprint density at radius 2 is 1.86 bits per heavy atom. The number of halogens is 1. The van der Waals surface area contributed by atoms with Crippen molar-refractivity contribution in [1.82, 2.24) is 4.90 Å². The van der Waals surface area contributed by atoms with Gasteiger partial charge in [-0.15, -0.1) is 0 Å². The third-order valence-corrected chi connectivity index (χ3v) is 4.43. The predicted molar refractivity (Wildman–Crippen MR) is 81.5 cm³/mol. The van der Waals surface area contributed by atoms with E-state index in [-0.39, 0.29) is 12.4 Å². The minimum Gasteiger partial charge on any atom is -0.395 e. The highest BCUT2D eigenvalue weighted by atomic mass is 19.1. The first-order valence-corrected chi connectivity index (χ1v) is 7.99. The first-order chi connectivity index (χ1) is 10.2. The van der Waals surface area contributed by atoms with Crippen molar-refractivity contribution in [3.63, 3.8) is 0 Å². The molecule has 0 aromatic heterocycles. The molecule has 1 unspecified atom stereocenters. The SMILES string of the molecule is OCCN(CCC(O)c1ccccc1F)C1CCCCC1. The molecule has 4 heteroatoms. The van der Waals surface area contributed by atoms with E-state index in [9.17, 15) is 14.6 Å². The van der Waals surface area contributed by atoms with E-state index in [1.54, 1.807) is 18.2 Å². The fourth-order valence-electron chi connectivity index (χ4n) is 3.24. The largest absolute Gasteiger partial charge is 0.395 e. The first kappa shape index (κ1) is 16.4. The van der Waals surface area contributed by atoms with E-state index in [0.29, 0.717) is 31.1 Å². The second-order valence-electron chi connectivity index (χ2n) is 5.88. The van der Waals surface area contributed by atoms with E-state index in [1.165, 1.54) is 25.3 Å². The average molecular weight is 295 g/mol. The van der Waals surface area contributed by atoms with E-state index in [1.807, 2.05) is 0 Å². The van der Waals surface area contributed by atoms with Crippen LogP contribution in [0, 0.1) is 5.82 Å². The number of aliphatic hydroxyl groups is 2. The summed E-state index contributed by atoms with van der Waals surface area (Å²) in [6.45, 7) is 1.46. The maximum atomic E-state index is 13.7. The van der Waals surface area contributed by atoms with E-state index >= 15 is 0 Å². The third kappa shape index (κ3) is 4.77. The molecule has 0 radical (unpaired) electrons. The normalized spacial score (nSPS) is 18.1. The number of rotatable bonds is 7. The van der Waals surface area contributed by atoms with Crippen molar-refractivity contribution in [3.8, 4) is 0 Å². The molecule has 0 amide bonds. The number of nitrogens with zero attached hydrogens (tertiary/aromatic N) is 1. The van der Waals surface area contributed by atoms with Gasteiger partial charge in [0.1, 0.15) is 5.82 Å². The van der Waals surface area contributed by atoms with Crippen molar-refractivity contribution < 1.29 is 14.6 Å². The maximum absolute atomic E-state index is 13.7. The van der Waals surface area contributed by atoms with Crippen LogP contribution in [0.25, 0.3) is 0 Å². The third-order valence-electron chi connectivity index (χ3n) is 4.43. The van der Waals surface area contributed by atoms with E-state index in [4.69, 9.17) is 0 Å². The summed E-state index contributed by atoms with van der Waals surface area (Å²) >= 11 is 0. The summed E-state index contributed by atoms with van der Waals surface area (Å²) in [5, 5.41) is 19.4. The summed E-state index contributed by atoms with van der Waals surface area (Å²) < 4.78 is 13.7. The summed E-state index contributed by atoms with van der Waals surface area (Å²) in [5.74, 6) is -0.351.